The number of nitrogens with one attached hydrogen (secondary N) is 1. The highest BCUT2D eigenvalue weighted by atomic mass is 79.9. The van der Waals surface area contributed by atoms with Gasteiger partial charge in [0.1, 0.15) is 11.3 Å². The van der Waals surface area contributed by atoms with Gasteiger partial charge in [0.2, 0.25) is 0 Å². The second-order valence-electron chi connectivity index (χ2n) is 4.70. The zero-order chi connectivity index (χ0) is 15.4. The Bertz CT molecular complexity index is 790. The van der Waals surface area contributed by atoms with Gasteiger partial charge >= 0.3 is 0 Å². The first kappa shape index (κ1) is 17.4. The summed E-state index contributed by atoms with van der Waals surface area (Å²) in [6, 6.07) is 15.1. The Kier molecular flexibility index (Phi) is 6.12. The van der Waals surface area contributed by atoms with Gasteiger partial charge in [-0.3, -0.25) is 4.79 Å². The number of hydrogen-bond acceptors (Lipinski definition) is 5. The third kappa shape index (κ3) is 4.09. The van der Waals surface area contributed by atoms with Crippen LogP contribution in [0, 0.1) is 0 Å². The monoisotopic (exact) mass is 392 g/mol. The molecule has 0 bridgehead atoms. The first-order valence-corrected chi connectivity index (χ1v) is 7.94. The molecule has 0 atom stereocenters. The van der Waals surface area contributed by atoms with Crippen molar-refractivity contribution in [2.24, 2.45) is 0 Å². The minimum absolute atomic E-state index is 0. The number of carbonyl (C=O) groups excluding carboxylic acids is 1. The Morgan fingerprint density at radius 1 is 1.17 bits per heavy atom. The van der Waals surface area contributed by atoms with Crippen LogP contribution in [-0.2, 0) is 0 Å². The molecule has 1 heterocycles. The molecular formula is C17H17BrN2O2S. The number of thiazole rings is 1. The van der Waals surface area contributed by atoms with Crippen LogP contribution in [0.1, 0.15) is 17.3 Å². The van der Waals surface area contributed by atoms with Crippen molar-refractivity contribution in [3.8, 4) is 5.75 Å². The van der Waals surface area contributed by atoms with Gasteiger partial charge in [-0.25, -0.2) is 4.98 Å². The number of anilines is 1. The highest BCUT2D eigenvalue weighted by Gasteiger charge is 2.10. The molecule has 120 valence electrons. The van der Waals surface area contributed by atoms with Gasteiger partial charge in [-0.05, 0) is 19.1 Å². The molecule has 0 saturated heterocycles. The van der Waals surface area contributed by atoms with E-state index < -0.39 is 0 Å². The molecule has 0 spiro atoms. The van der Waals surface area contributed by atoms with E-state index in [0.717, 1.165) is 21.1 Å². The molecule has 0 unspecified atom stereocenters. The van der Waals surface area contributed by atoms with Gasteiger partial charge in [-0.15, -0.1) is 17.0 Å². The zero-order valence-corrected chi connectivity index (χ0v) is 15.1. The lowest BCUT2D eigenvalue weighted by Crippen LogP contribution is -2.13. The minimum Gasteiger partial charge on any atom is -0.492 e. The lowest BCUT2D eigenvalue weighted by molar-refractivity contribution is 0.101. The molecule has 0 fully saturated rings. The number of nitrogens with zero attached hydrogens (tertiary/aromatic N) is 1. The molecular weight excluding hydrogens is 376 g/mol. The van der Waals surface area contributed by atoms with E-state index in [1.165, 1.54) is 11.3 Å². The quantitative estimate of drug-likeness (QED) is 0.624. The van der Waals surface area contributed by atoms with Crippen molar-refractivity contribution in [3.63, 3.8) is 0 Å². The number of rotatable bonds is 6. The zero-order valence-electron chi connectivity index (χ0n) is 12.6. The Hall–Kier alpha value is -1.92. The number of carbonyl (C=O) groups is 1. The summed E-state index contributed by atoms with van der Waals surface area (Å²) in [5, 5.41) is 3.83. The number of para-hydroxylation sites is 1. The summed E-state index contributed by atoms with van der Waals surface area (Å²) in [6.07, 6.45) is 0. The Balaban J connectivity index is 0.00000192. The van der Waals surface area contributed by atoms with Crippen LogP contribution in [0.4, 0.5) is 5.13 Å². The van der Waals surface area contributed by atoms with Gasteiger partial charge in [0.15, 0.2) is 10.9 Å². The van der Waals surface area contributed by atoms with Gasteiger partial charge in [-0.2, -0.15) is 0 Å². The number of ether oxygens (including phenoxy) is 1. The molecule has 1 aromatic heterocycles. The molecule has 0 radical (unpaired) electrons. The summed E-state index contributed by atoms with van der Waals surface area (Å²) in [4.78, 5) is 16.6. The molecule has 0 amide bonds. The normalized spacial score (nSPS) is 10.1. The van der Waals surface area contributed by atoms with Crippen molar-refractivity contribution in [1.82, 2.24) is 4.98 Å². The number of fused-ring (bicyclic) bond motifs is 1. The van der Waals surface area contributed by atoms with Crippen LogP contribution in [0.3, 0.4) is 0 Å². The molecule has 6 heteroatoms. The first-order valence-electron chi connectivity index (χ1n) is 7.12. The number of halogens is 1. The van der Waals surface area contributed by atoms with Crippen molar-refractivity contribution in [1.29, 1.82) is 0 Å². The summed E-state index contributed by atoms with van der Waals surface area (Å²) in [7, 11) is 0. The van der Waals surface area contributed by atoms with Crippen LogP contribution in [0.15, 0.2) is 48.5 Å². The van der Waals surface area contributed by atoms with Crippen LogP contribution >= 0.6 is 28.3 Å². The summed E-state index contributed by atoms with van der Waals surface area (Å²) < 4.78 is 6.62. The number of ketones is 1. The van der Waals surface area contributed by atoms with Gasteiger partial charge in [0.05, 0.1) is 17.9 Å². The lowest BCUT2D eigenvalue weighted by atomic mass is 10.1. The molecule has 3 aromatic rings. The van der Waals surface area contributed by atoms with E-state index in [-0.39, 0.29) is 29.3 Å². The fourth-order valence-electron chi connectivity index (χ4n) is 2.15. The third-order valence-electron chi connectivity index (χ3n) is 3.18. The maximum absolute atomic E-state index is 12.1. The smallest absolute Gasteiger partial charge is 0.184 e. The van der Waals surface area contributed by atoms with Gasteiger partial charge in [-0.1, -0.05) is 47.7 Å². The largest absolute Gasteiger partial charge is 0.492 e. The highest BCUT2D eigenvalue weighted by molar-refractivity contribution is 8.93. The summed E-state index contributed by atoms with van der Waals surface area (Å²) >= 11 is 1.52. The third-order valence-corrected chi connectivity index (χ3v) is 4.16. The van der Waals surface area contributed by atoms with E-state index >= 15 is 0 Å². The van der Waals surface area contributed by atoms with E-state index in [0.29, 0.717) is 12.2 Å². The van der Waals surface area contributed by atoms with Gasteiger partial charge < -0.3 is 10.1 Å². The molecule has 2 aromatic carbocycles. The Morgan fingerprint density at radius 2 is 1.96 bits per heavy atom. The molecule has 1 N–H and O–H groups in total. The Morgan fingerprint density at radius 3 is 2.70 bits per heavy atom. The fourth-order valence-corrected chi connectivity index (χ4v) is 3.03. The van der Waals surface area contributed by atoms with Gasteiger partial charge in [0, 0.05) is 5.56 Å². The summed E-state index contributed by atoms with van der Waals surface area (Å²) in [5.41, 5.74) is 1.54. The highest BCUT2D eigenvalue weighted by Crippen LogP contribution is 2.32. The van der Waals surface area contributed by atoms with Crippen LogP contribution in [0.2, 0.25) is 0 Å². The van der Waals surface area contributed by atoms with Crippen LogP contribution in [0.25, 0.3) is 10.2 Å². The predicted molar refractivity (Wildman–Crippen MR) is 100 cm³/mol. The number of hydrogen-bond donors (Lipinski definition) is 1. The van der Waals surface area contributed by atoms with Crippen molar-refractivity contribution in [2.75, 3.05) is 18.5 Å². The molecule has 23 heavy (non-hydrogen) atoms. The maximum Gasteiger partial charge on any atom is 0.184 e. The molecule has 0 aliphatic heterocycles. The predicted octanol–water partition coefficient (Wildman–Crippen LogP) is 4.57. The molecule has 0 aliphatic rings. The van der Waals surface area contributed by atoms with E-state index in [1.807, 2.05) is 55.5 Å². The SMILES string of the molecule is Br.CCOc1cccc2sc(NCC(=O)c3ccccc3)nc12. The number of Topliss-reactive ketones (excluding diaryl/α,β-unsaturated/α-hetero) is 1. The van der Waals surface area contributed by atoms with Crippen LogP contribution in [-0.4, -0.2) is 23.9 Å². The van der Waals surface area contributed by atoms with Crippen molar-refractivity contribution in [3.05, 3.63) is 54.1 Å². The van der Waals surface area contributed by atoms with E-state index in [4.69, 9.17) is 4.74 Å². The van der Waals surface area contributed by atoms with E-state index in [9.17, 15) is 4.79 Å². The van der Waals surface area contributed by atoms with Gasteiger partial charge in [0.25, 0.3) is 0 Å². The van der Waals surface area contributed by atoms with E-state index in [2.05, 4.69) is 10.3 Å². The molecule has 0 saturated carbocycles. The average Bonchev–Trinajstić information content (AvgIpc) is 2.98. The molecule has 0 aliphatic carbocycles. The van der Waals surface area contributed by atoms with Crippen molar-refractivity contribution < 1.29 is 9.53 Å². The standard InChI is InChI=1S/C17H16N2O2S.BrH/c1-2-21-14-9-6-10-15-16(14)19-17(22-15)18-11-13(20)12-7-4-3-5-8-12;/h3-10H,2,11H2,1H3,(H,18,19);1H. The van der Waals surface area contributed by atoms with Crippen molar-refractivity contribution in [2.45, 2.75) is 6.92 Å². The second kappa shape index (κ2) is 8.08. The average molecular weight is 393 g/mol. The Labute approximate surface area is 149 Å². The molecule has 3 rings (SSSR count). The second-order valence-corrected chi connectivity index (χ2v) is 5.73. The van der Waals surface area contributed by atoms with Crippen molar-refractivity contribution >= 4 is 49.4 Å². The van der Waals surface area contributed by atoms with Crippen LogP contribution < -0.4 is 10.1 Å². The summed E-state index contributed by atoms with van der Waals surface area (Å²) in [5.74, 6) is 0.823. The number of benzene rings is 2. The maximum atomic E-state index is 12.1. The van der Waals surface area contributed by atoms with E-state index in [1.54, 1.807) is 0 Å². The van der Waals surface area contributed by atoms with Crippen LogP contribution in [0.5, 0.6) is 5.75 Å². The fraction of sp³-hybridized carbons (Fsp3) is 0.176. The minimum atomic E-state index is 0. The number of aromatic nitrogens is 1. The molecule has 4 nitrogen and oxygen atoms in total. The first-order chi connectivity index (χ1) is 10.8. The summed E-state index contributed by atoms with van der Waals surface area (Å²) in [6.45, 7) is 2.78. The topological polar surface area (TPSA) is 51.2 Å². The lowest BCUT2D eigenvalue weighted by Gasteiger charge is -2.02.